The maximum absolute atomic E-state index is 11.8. The quantitative estimate of drug-likeness (QED) is 0.929. The summed E-state index contributed by atoms with van der Waals surface area (Å²) in [6.45, 7) is 9.77. The molecule has 1 aliphatic heterocycles. The molecule has 4 nitrogen and oxygen atoms in total. The van der Waals surface area contributed by atoms with Crippen molar-refractivity contribution < 1.29 is 9.53 Å². The number of ether oxygens (including phenoxy) is 1. The Balaban J connectivity index is 1.82. The maximum atomic E-state index is 11.8. The number of carbonyl (C=O) groups is 1. The smallest absolute Gasteiger partial charge is 0.407 e. The summed E-state index contributed by atoms with van der Waals surface area (Å²) in [5.41, 5.74) is -0.438. The molecule has 0 spiro atoms. The molecule has 0 unspecified atom stereocenters. The van der Waals surface area contributed by atoms with Crippen LogP contribution in [0, 0.1) is 0 Å². The zero-order valence-electron chi connectivity index (χ0n) is 12.7. The number of hydrogen-bond acceptors (Lipinski definition) is 4. The van der Waals surface area contributed by atoms with Gasteiger partial charge in [-0.2, -0.15) is 0 Å². The number of carbonyl (C=O) groups excluding carboxylic acids is 1. The standard InChI is InChI=1S/C15H24N2O2S/c1-11(13-6-5-9-20-13)17-8-7-12(10-17)16-14(18)19-15(2,3)4/h5-6,9,11-12H,7-8,10H2,1-4H3,(H,16,18)/t11-,12-/m0/s1. The predicted molar refractivity (Wildman–Crippen MR) is 82.1 cm³/mol. The molecule has 0 aliphatic carbocycles. The zero-order chi connectivity index (χ0) is 14.8. The van der Waals surface area contributed by atoms with Crippen molar-refractivity contribution in [3.63, 3.8) is 0 Å². The molecule has 112 valence electrons. The number of alkyl carbamates (subject to hydrolysis) is 1. The molecule has 0 bridgehead atoms. The monoisotopic (exact) mass is 296 g/mol. The van der Waals surface area contributed by atoms with E-state index >= 15 is 0 Å². The van der Waals surface area contributed by atoms with Gasteiger partial charge in [-0.05, 0) is 45.6 Å². The van der Waals surface area contributed by atoms with Crippen LogP contribution >= 0.6 is 11.3 Å². The Morgan fingerprint density at radius 2 is 2.30 bits per heavy atom. The van der Waals surface area contributed by atoms with Crippen LogP contribution in [0.5, 0.6) is 0 Å². The van der Waals surface area contributed by atoms with E-state index in [4.69, 9.17) is 4.74 Å². The van der Waals surface area contributed by atoms with E-state index in [1.807, 2.05) is 20.8 Å². The topological polar surface area (TPSA) is 41.6 Å². The minimum Gasteiger partial charge on any atom is -0.444 e. The molecule has 20 heavy (non-hydrogen) atoms. The lowest BCUT2D eigenvalue weighted by Crippen LogP contribution is -2.40. The number of thiophene rings is 1. The molecule has 0 saturated carbocycles. The molecule has 1 aromatic heterocycles. The molecule has 0 aromatic carbocycles. The second-order valence-corrected chi connectivity index (χ2v) is 7.30. The lowest BCUT2D eigenvalue weighted by Gasteiger charge is -2.24. The molecule has 1 fully saturated rings. The van der Waals surface area contributed by atoms with Gasteiger partial charge in [-0.15, -0.1) is 11.3 Å². The summed E-state index contributed by atoms with van der Waals surface area (Å²) in [6.07, 6.45) is 0.669. The average molecular weight is 296 g/mol. The summed E-state index contributed by atoms with van der Waals surface area (Å²) < 4.78 is 5.30. The third kappa shape index (κ3) is 4.21. The number of amides is 1. The first-order chi connectivity index (χ1) is 9.35. The Labute approximate surface area is 125 Å². The molecular weight excluding hydrogens is 272 g/mol. The van der Waals surface area contributed by atoms with Gasteiger partial charge >= 0.3 is 6.09 Å². The van der Waals surface area contributed by atoms with Gasteiger partial charge in [0.05, 0.1) is 0 Å². The first kappa shape index (κ1) is 15.3. The molecule has 1 aliphatic rings. The fourth-order valence-electron chi connectivity index (χ4n) is 2.44. The summed E-state index contributed by atoms with van der Waals surface area (Å²) >= 11 is 1.79. The van der Waals surface area contributed by atoms with Crippen LogP contribution in [0.15, 0.2) is 17.5 Å². The minimum absolute atomic E-state index is 0.187. The maximum Gasteiger partial charge on any atom is 0.407 e. The predicted octanol–water partition coefficient (Wildman–Crippen LogP) is 3.41. The van der Waals surface area contributed by atoms with Crippen LogP contribution in [0.25, 0.3) is 0 Å². The number of hydrogen-bond donors (Lipinski definition) is 1. The second kappa shape index (κ2) is 6.14. The lowest BCUT2D eigenvalue weighted by molar-refractivity contribution is 0.0504. The highest BCUT2D eigenvalue weighted by Crippen LogP contribution is 2.27. The molecular formula is C15H24N2O2S. The van der Waals surface area contributed by atoms with Crippen LogP contribution < -0.4 is 5.32 Å². The molecule has 0 radical (unpaired) electrons. The Kier molecular flexibility index (Phi) is 4.70. The normalized spacial score (nSPS) is 21.7. The summed E-state index contributed by atoms with van der Waals surface area (Å²) in [4.78, 5) is 15.6. The van der Waals surface area contributed by atoms with Crippen LogP contribution in [0.2, 0.25) is 0 Å². The van der Waals surface area contributed by atoms with Crippen molar-refractivity contribution in [2.24, 2.45) is 0 Å². The van der Waals surface area contributed by atoms with Crippen LogP contribution in [0.3, 0.4) is 0 Å². The Hall–Kier alpha value is -1.07. The molecule has 2 heterocycles. The second-order valence-electron chi connectivity index (χ2n) is 6.32. The van der Waals surface area contributed by atoms with E-state index < -0.39 is 5.60 Å². The van der Waals surface area contributed by atoms with Gasteiger partial charge in [0.25, 0.3) is 0 Å². The molecule has 5 heteroatoms. The van der Waals surface area contributed by atoms with Gasteiger partial charge in [-0.3, -0.25) is 4.90 Å². The highest BCUT2D eigenvalue weighted by Gasteiger charge is 2.29. The first-order valence-electron chi connectivity index (χ1n) is 7.12. The van der Waals surface area contributed by atoms with Crippen LogP contribution in [0.4, 0.5) is 4.79 Å². The van der Waals surface area contributed by atoms with Gasteiger partial charge in [-0.1, -0.05) is 6.07 Å². The molecule has 1 saturated heterocycles. The van der Waals surface area contributed by atoms with Crippen molar-refractivity contribution in [3.05, 3.63) is 22.4 Å². The van der Waals surface area contributed by atoms with Crippen molar-refractivity contribution in [2.45, 2.75) is 51.8 Å². The Morgan fingerprint density at radius 1 is 1.55 bits per heavy atom. The third-order valence-corrected chi connectivity index (χ3v) is 4.49. The molecule has 1 aromatic rings. The number of nitrogens with one attached hydrogen (secondary N) is 1. The molecule has 2 atom stereocenters. The Bertz CT molecular complexity index is 439. The zero-order valence-corrected chi connectivity index (χ0v) is 13.5. The molecule has 1 N–H and O–H groups in total. The van der Waals surface area contributed by atoms with E-state index in [1.165, 1.54) is 4.88 Å². The van der Waals surface area contributed by atoms with Crippen molar-refractivity contribution in [1.82, 2.24) is 10.2 Å². The lowest BCUT2D eigenvalue weighted by atomic mass is 10.2. The van der Waals surface area contributed by atoms with E-state index in [-0.39, 0.29) is 12.1 Å². The summed E-state index contributed by atoms with van der Waals surface area (Å²) in [6, 6.07) is 4.86. The van der Waals surface area contributed by atoms with E-state index in [1.54, 1.807) is 11.3 Å². The van der Waals surface area contributed by atoms with Gasteiger partial charge in [0.1, 0.15) is 5.60 Å². The van der Waals surface area contributed by atoms with E-state index in [0.717, 1.165) is 19.5 Å². The van der Waals surface area contributed by atoms with Crippen molar-refractivity contribution in [1.29, 1.82) is 0 Å². The molecule has 2 rings (SSSR count). The third-order valence-electron chi connectivity index (χ3n) is 3.44. The SMILES string of the molecule is C[C@@H](c1cccs1)N1CC[C@H](NC(=O)OC(C)(C)C)C1. The summed E-state index contributed by atoms with van der Waals surface area (Å²) in [5.74, 6) is 0. The van der Waals surface area contributed by atoms with Gasteiger partial charge < -0.3 is 10.1 Å². The van der Waals surface area contributed by atoms with Crippen LogP contribution in [0.1, 0.15) is 45.0 Å². The summed E-state index contributed by atoms with van der Waals surface area (Å²) in [5, 5.41) is 5.08. The van der Waals surface area contributed by atoms with E-state index in [0.29, 0.717) is 6.04 Å². The van der Waals surface area contributed by atoms with Gasteiger partial charge in [0.2, 0.25) is 0 Å². The first-order valence-corrected chi connectivity index (χ1v) is 8.00. The highest BCUT2D eigenvalue weighted by molar-refractivity contribution is 7.10. The number of likely N-dealkylation sites (tertiary alicyclic amines) is 1. The fraction of sp³-hybridized carbons (Fsp3) is 0.667. The number of nitrogens with zero attached hydrogens (tertiary/aromatic N) is 1. The van der Waals surface area contributed by atoms with E-state index in [2.05, 4.69) is 34.7 Å². The van der Waals surface area contributed by atoms with Crippen molar-refractivity contribution in [2.75, 3.05) is 13.1 Å². The van der Waals surface area contributed by atoms with Crippen LogP contribution in [-0.4, -0.2) is 35.7 Å². The fourth-order valence-corrected chi connectivity index (χ4v) is 3.26. The summed E-state index contributed by atoms with van der Waals surface area (Å²) in [7, 11) is 0. The van der Waals surface area contributed by atoms with E-state index in [9.17, 15) is 4.79 Å². The number of rotatable bonds is 3. The van der Waals surface area contributed by atoms with Gasteiger partial charge in [-0.25, -0.2) is 4.79 Å². The van der Waals surface area contributed by atoms with Gasteiger partial charge in [0, 0.05) is 30.1 Å². The Morgan fingerprint density at radius 3 is 2.90 bits per heavy atom. The largest absolute Gasteiger partial charge is 0.444 e. The van der Waals surface area contributed by atoms with Crippen molar-refractivity contribution in [3.8, 4) is 0 Å². The average Bonchev–Trinajstić information content (AvgIpc) is 2.95. The van der Waals surface area contributed by atoms with Crippen LogP contribution in [-0.2, 0) is 4.74 Å². The molecule has 1 amide bonds. The minimum atomic E-state index is -0.438. The highest BCUT2D eigenvalue weighted by atomic mass is 32.1. The van der Waals surface area contributed by atoms with Gasteiger partial charge in [0.15, 0.2) is 0 Å². The van der Waals surface area contributed by atoms with Crippen molar-refractivity contribution >= 4 is 17.4 Å².